The number of benzene rings is 1. The van der Waals surface area contributed by atoms with Gasteiger partial charge in [0, 0.05) is 6.04 Å². The summed E-state index contributed by atoms with van der Waals surface area (Å²) in [5.41, 5.74) is 1.37. The second-order valence-electron chi connectivity index (χ2n) is 5.93. The third kappa shape index (κ3) is 6.53. The molecule has 0 aliphatic rings. The number of rotatable bonds is 6. The Morgan fingerprint density at radius 3 is 2.21 bits per heavy atom. The Balaban J connectivity index is 2.46. The first kappa shape index (κ1) is 15.9. The molecule has 0 spiro atoms. The molecule has 0 saturated carbocycles. The van der Waals surface area contributed by atoms with Crippen LogP contribution in [-0.4, -0.2) is 13.2 Å². The van der Waals surface area contributed by atoms with E-state index in [1.54, 1.807) is 12.1 Å². The van der Waals surface area contributed by atoms with Crippen LogP contribution in [0.5, 0.6) is 5.75 Å². The van der Waals surface area contributed by atoms with Gasteiger partial charge in [0.1, 0.15) is 5.75 Å². The first-order valence-corrected chi connectivity index (χ1v) is 6.56. The van der Waals surface area contributed by atoms with E-state index in [1.165, 1.54) is 0 Å². The Bertz CT molecular complexity index is 371. The quantitative estimate of drug-likeness (QED) is 0.829. The van der Waals surface area contributed by atoms with Gasteiger partial charge in [-0.1, -0.05) is 32.9 Å². The van der Waals surface area contributed by atoms with E-state index < -0.39 is 6.61 Å². The minimum Gasteiger partial charge on any atom is -0.435 e. The van der Waals surface area contributed by atoms with Crippen LogP contribution in [0.15, 0.2) is 24.3 Å². The monoisotopic (exact) mass is 271 g/mol. The lowest BCUT2D eigenvalue weighted by atomic mass is 9.92. The zero-order valence-electron chi connectivity index (χ0n) is 12.0. The molecule has 1 aromatic carbocycles. The van der Waals surface area contributed by atoms with Crippen LogP contribution in [0.4, 0.5) is 8.78 Å². The topological polar surface area (TPSA) is 21.3 Å². The molecule has 0 aliphatic carbocycles. The van der Waals surface area contributed by atoms with Gasteiger partial charge < -0.3 is 10.1 Å². The van der Waals surface area contributed by atoms with Crippen molar-refractivity contribution in [2.75, 3.05) is 6.54 Å². The van der Waals surface area contributed by atoms with Crippen LogP contribution in [0.25, 0.3) is 0 Å². The summed E-state index contributed by atoms with van der Waals surface area (Å²) >= 11 is 0. The summed E-state index contributed by atoms with van der Waals surface area (Å²) in [6.45, 7) is 6.83. The van der Waals surface area contributed by atoms with Crippen molar-refractivity contribution in [2.45, 2.75) is 46.8 Å². The van der Waals surface area contributed by atoms with Gasteiger partial charge in [-0.15, -0.1) is 0 Å². The molecule has 1 rings (SSSR count). The molecule has 1 N–H and O–H groups in total. The number of hydrogen-bond acceptors (Lipinski definition) is 2. The highest BCUT2D eigenvalue weighted by atomic mass is 19.3. The van der Waals surface area contributed by atoms with Crippen LogP contribution in [0.1, 0.15) is 45.7 Å². The second-order valence-corrected chi connectivity index (χ2v) is 5.93. The van der Waals surface area contributed by atoms with Crippen LogP contribution in [0, 0.1) is 5.41 Å². The molecular weight excluding hydrogens is 248 g/mol. The van der Waals surface area contributed by atoms with E-state index in [0.717, 1.165) is 18.5 Å². The largest absolute Gasteiger partial charge is 0.435 e. The Hall–Kier alpha value is -1.16. The van der Waals surface area contributed by atoms with Crippen molar-refractivity contribution in [3.05, 3.63) is 29.8 Å². The summed E-state index contributed by atoms with van der Waals surface area (Å²) in [6, 6.07) is 6.97. The lowest BCUT2D eigenvalue weighted by Crippen LogP contribution is -2.23. The molecule has 108 valence electrons. The molecule has 1 atom stereocenters. The molecule has 0 fully saturated rings. The molecule has 0 aromatic heterocycles. The highest BCUT2D eigenvalue weighted by Crippen LogP contribution is 2.21. The number of halogens is 2. The third-order valence-corrected chi connectivity index (χ3v) is 2.93. The Kier molecular flexibility index (Phi) is 5.73. The van der Waals surface area contributed by atoms with E-state index in [2.05, 4.69) is 37.7 Å². The van der Waals surface area contributed by atoms with Gasteiger partial charge in [-0.2, -0.15) is 8.78 Å². The molecular formula is C15H23F2NO. The van der Waals surface area contributed by atoms with Gasteiger partial charge in [0.25, 0.3) is 0 Å². The lowest BCUT2D eigenvalue weighted by Gasteiger charge is -2.21. The molecule has 2 nitrogen and oxygen atoms in total. The molecule has 1 unspecified atom stereocenters. The normalized spacial score (nSPS) is 13.6. The minimum absolute atomic E-state index is 0.195. The van der Waals surface area contributed by atoms with Crippen molar-refractivity contribution in [1.29, 1.82) is 0 Å². The smallest absolute Gasteiger partial charge is 0.387 e. The van der Waals surface area contributed by atoms with Gasteiger partial charge in [0.15, 0.2) is 0 Å². The minimum atomic E-state index is -2.77. The maximum Gasteiger partial charge on any atom is 0.387 e. The molecule has 0 heterocycles. The first-order valence-electron chi connectivity index (χ1n) is 6.56. The Morgan fingerprint density at radius 2 is 1.74 bits per heavy atom. The fraction of sp³-hybridized carbons (Fsp3) is 0.600. The lowest BCUT2D eigenvalue weighted by molar-refractivity contribution is -0.0498. The van der Waals surface area contributed by atoms with E-state index in [9.17, 15) is 8.78 Å². The van der Waals surface area contributed by atoms with E-state index in [-0.39, 0.29) is 11.8 Å². The van der Waals surface area contributed by atoms with E-state index >= 15 is 0 Å². The average Bonchev–Trinajstić information content (AvgIpc) is 2.27. The molecule has 0 amide bonds. The van der Waals surface area contributed by atoms with Crippen molar-refractivity contribution < 1.29 is 13.5 Å². The Morgan fingerprint density at radius 1 is 1.16 bits per heavy atom. The van der Waals surface area contributed by atoms with E-state index in [0.29, 0.717) is 5.41 Å². The molecule has 4 heteroatoms. The summed E-state index contributed by atoms with van der Waals surface area (Å²) < 4.78 is 28.4. The van der Waals surface area contributed by atoms with E-state index in [1.807, 2.05) is 12.1 Å². The van der Waals surface area contributed by atoms with Gasteiger partial charge in [-0.3, -0.25) is 0 Å². The second kappa shape index (κ2) is 6.85. The number of nitrogens with one attached hydrogen (secondary N) is 1. The number of hydrogen-bond donors (Lipinski definition) is 1. The predicted octanol–water partition coefficient (Wildman–Crippen LogP) is 4.37. The fourth-order valence-electron chi connectivity index (χ4n) is 1.72. The third-order valence-electron chi connectivity index (χ3n) is 2.93. The predicted molar refractivity (Wildman–Crippen MR) is 73.6 cm³/mol. The molecule has 1 aromatic rings. The SMILES string of the molecule is CC(NCCC(C)(C)C)c1ccc(OC(F)F)cc1. The zero-order chi connectivity index (χ0) is 14.5. The van der Waals surface area contributed by atoms with Crippen LogP contribution in [-0.2, 0) is 0 Å². The van der Waals surface area contributed by atoms with Crippen molar-refractivity contribution in [2.24, 2.45) is 5.41 Å². The zero-order valence-corrected chi connectivity index (χ0v) is 12.0. The van der Waals surface area contributed by atoms with Crippen LogP contribution >= 0.6 is 0 Å². The number of alkyl halides is 2. The fourth-order valence-corrected chi connectivity index (χ4v) is 1.72. The average molecular weight is 271 g/mol. The maximum absolute atomic E-state index is 12.0. The summed E-state index contributed by atoms with van der Waals surface area (Å²) in [4.78, 5) is 0. The van der Waals surface area contributed by atoms with Crippen molar-refractivity contribution in [1.82, 2.24) is 5.32 Å². The van der Waals surface area contributed by atoms with Crippen LogP contribution < -0.4 is 10.1 Å². The summed E-state index contributed by atoms with van der Waals surface area (Å²) in [5.74, 6) is 0.195. The number of ether oxygens (including phenoxy) is 1. The van der Waals surface area contributed by atoms with Gasteiger partial charge in [0.2, 0.25) is 0 Å². The summed E-state index contributed by atoms with van der Waals surface area (Å²) in [5, 5.41) is 3.43. The first-order chi connectivity index (χ1) is 8.78. The molecule has 0 aliphatic heterocycles. The molecule has 19 heavy (non-hydrogen) atoms. The van der Waals surface area contributed by atoms with Crippen LogP contribution in [0.2, 0.25) is 0 Å². The summed E-state index contributed by atoms with van der Waals surface area (Å²) in [6.07, 6.45) is 1.09. The van der Waals surface area contributed by atoms with Crippen LogP contribution in [0.3, 0.4) is 0 Å². The van der Waals surface area contributed by atoms with E-state index in [4.69, 9.17) is 0 Å². The van der Waals surface area contributed by atoms with Gasteiger partial charge in [-0.05, 0) is 43.0 Å². The molecule has 0 bridgehead atoms. The van der Waals surface area contributed by atoms with Gasteiger partial charge in [-0.25, -0.2) is 0 Å². The highest BCUT2D eigenvalue weighted by Gasteiger charge is 2.11. The van der Waals surface area contributed by atoms with Crippen molar-refractivity contribution in [3.63, 3.8) is 0 Å². The summed E-state index contributed by atoms with van der Waals surface area (Å²) in [7, 11) is 0. The molecule has 0 saturated heterocycles. The standard InChI is InChI=1S/C15H23F2NO/c1-11(18-10-9-15(2,3)4)12-5-7-13(8-6-12)19-14(16)17/h5-8,11,14,18H,9-10H2,1-4H3. The highest BCUT2D eigenvalue weighted by molar-refractivity contribution is 5.28. The Labute approximate surface area is 114 Å². The maximum atomic E-state index is 12.0. The molecule has 0 radical (unpaired) electrons. The van der Waals surface area contributed by atoms with Gasteiger partial charge in [0.05, 0.1) is 0 Å². The van der Waals surface area contributed by atoms with Crippen molar-refractivity contribution in [3.8, 4) is 5.75 Å². The van der Waals surface area contributed by atoms with Crippen molar-refractivity contribution >= 4 is 0 Å². The van der Waals surface area contributed by atoms with Gasteiger partial charge >= 0.3 is 6.61 Å².